The van der Waals surface area contributed by atoms with Gasteiger partial charge in [0, 0.05) is 88.7 Å². The van der Waals surface area contributed by atoms with Crippen molar-refractivity contribution >= 4 is 102 Å². The molecular formula is C6H9Na3O9P. The first-order valence-electron chi connectivity index (χ1n) is 3.94. The molecule has 0 aliphatic carbocycles. The number of carbonyl (C=O) groups excluding carboxylic acids is 1. The normalized spacial score (nSPS) is 19.6. The fourth-order valence-corrected chi connectivity index (χ4v) is 1.42. The van der Waals surface area contributed by atoms with Crippen LogP contribution < -0.4 is 0 Å². The van der Waals surface area contributed by atoms with E-state index in [0.29, 0.717) is 0 Å². The first-order chi connectivity index (χ1) is 7.26. The molecule has 1 aliphatic rings. The Morgan fingerprint density at radius 1 is 1.32 bits per heavy atom. The summed E-state index contributed by atoms with van der Waals surface area (Å²) in [5, 5.41) is 26.9. The molecule has 5 N–H and O–H groups in total. The van der Waals surface area contributed by atoms with E-state index >= 15 is 0 Å². The van der Waals surface area contributed by atoms with Crippen LogP contribution in [0.2, 0.25) is 0 Å². The fourth-order valence-electron chi connectivity index (χ4n) is 1.02. The van der Waals surface area contributed by atoms with E-state index in [0.717, 1.165) is 0 Å². The minimum atomic E-state index is -5.02. The van der Waals surface area contributed by atoms with E-state index in [1.165, 1.54) is 0 Å². The predicted molar refractivity (Wildman–Crippen MR) is 63.0 cm³/mol. The predicted octanol–water partition coefficient (Wildman–Crippen LogP) is -3.00. The second-order valence-electron chi connectivity index (χ2n) is 2.87. The number of aliphatic hydroxyl groups is 3. The van der Waals surface area contributed by atoms with Gasteiger partial charge >= 0.3 is 13.8 Å². The number of cyclic esters (lactones) is 1. The summed E-state index contributed by atoms with van der Waals surface area (Å²) in [7, 11) is -5.02. The molecule has 0 saturated carbocycles. The van der Waals surface area contributed by atoms with Crippen LogP contribution in [-0.2, 0) is 18.6 Å². The Balaban J connectivity index is -0.000000853. The Bertz CT molecular complexity index is 380. The Morgan fingerprint density at radius 2 is 1.79 bits per heavy atom. The van der Waals surface area contributed by atoms with Crippen LogP contribution in [0.15, 0.2) is 11.5 Å². The number of carbonyl (C=O) groups is 1. The van der Waals surface area contributed by atoms with Crippen LogP contribution in [0.5, 0.6) is 0 Å². The largest absolute Gasteiger partial charge is 0.525 e. The summed E-state index contributed by atoms with van der Waals surface area (Å²) in [6, 6.07) is 0. The molecule has 1 heterocycles. The molecule has 1 rings (SSSR count). The van der Waals surface area contributed by atoms with Gasteiger partial charge in [0.25, 0.3) is 5.76 Å². The average Bonchev–Trinajstić information content (AvgIpc) is 2.42. The first kappa shape index (κ1) is 25.8. The number of phosphoric ester groups is 1. The summed E-state index contributed by atoms with van der Waals surface area (Å²) in [5.41, 5.74) is 0. The number of ether oxygens (including phenoxy) is 1. The molecule has 19 heavy (non-hydrogen) atoms. The van der Waals surface area contributed by atoms with E-state index in [4.69, 9.17) is 20.0 Å². The van der Waals surface area contributed by atoms with Gasteiger partial charge in [-0.3, -0.25) is 9.79 Å². The molecular weight excluding hydrogens is 316 g/mol. The van der Waals surface area contributed by atoms with Crippen molar-refractivity contribution in [1.82, 2.24) is 0 Å². The van der Waals surface area contributed by atoms with E-state index in [9.17, 15) is 14.5 Å². The SMILES string of the molecule is O=C1O[C@H]([C@@H](O)CO)C(O)=C1OP(=O)(O)O.[Na].[Na].[Na]. The Kier molecular flexibility index (Phi) is 14.4. The number of phosphoric acid groups is 1. The molecule has 0 unspecified atom stereocenters. The first-order valence-corrected chi connectivity index (χ1v) is 5.47. The van der Waals surface area contributed by atoms with Gasteiger partial charge in [0.1, 0.15) is 6.10 Å². The van der Waals surface area contributed by atoms with Crippen molar-refractivity contribution in [2.45, 2.75) is 12.2 Å². The number of hydrogen-bond acceptors (Lipinski definition) is 7. The fraction of sp³-hybridized carbons (Fsp3) is 0.500. The number of hydrogen-bond donors (Lipinski definition) is 5. The number of rotatable bonds is 4. The van der Waals surface area contributed by atoms with Gasteiger partial charge in [-0.05, 0) is 0 Å². The van der Waals surface area contributed by atoms with Crippen LogP contribution >= 0.6 is 7.82 Å². The van der Waals surface area contributed by atoms with Gasteiger partial charge in [0.15, 0.2) is 11.9 Å². The second-order valence-corrected chi connectivity index (χ2v) is 4.04. The Morgan fingerprint density at radius 3 is 2.16 bits per heavy atom. The maximum atomic E-state index is 11.0. The molecule has 3 radical (unpaired) electrons. The van der Waals surface area contributed by atoms with Crippen molar-refractivity contribution in [3.05, 3.63) is 11.5 Å². The molecule has 13 heteroatoms. The summed E-state index contributed by atoms with van der Waals surface area (Å²) in [4.78, 5) is 27.8. The van der Waals surface area contributed by atoms with Gasteiger partial charge < -0.3 is 24.6 Å². The van der Waals surface area contributed by atoms with E-state index < -0.39 is 44.1 Å². The third-order valence-electron chi connectivity index (χ3n) is 1.67. The molecule has 0 amide bonds. The zero-order chi connectivity index (χ0) is 12.5. The van der Waals surface area contributed by atoms with Crippen LogP contribution in [0.3, 0.4) is 0 Å². The molecule has 0 aromatic carbocycles. The molecule has 0 aromatic heterocycles. The van der Waals surface area contributed by atoms with Gasteiger partial charge in [-0.15, -0.1) is 0 Å². The maximum Gasteiger partial charge on any atom is 0.525 e. The molecule has 0 bridgehead atoms. The maximum absolute atomic E-state index is 11.0. The number of esters is 1. The molecule has 95 valence electrons. The van der Waals surface area contributed by atoms with Crippen molar-refractivity contribution in [2.24, 2.45) is 0 Å². The minimum Gasteiger partial charge on any atom is -0.505 e. The van der Waals surface area contributed by atoms with Crippen molar-refractivity contribution in [1.29, 1.82) is 0 Å². The molecule has 2 atom stereocenters. The van der Waals surface area contributed by atoms with E-state index in [2.05, 4.69) is 9.26 Å². The molecule has 0 aromatic rings. The zero-order valence-corrected chi connectivity index (χ0v) is 17.6. The monoisotopic (exact) mass is 325 g/mol. The van der Waals surface area contributed by atoms with Crippen LogP contribution in [0.25, 0.3) is 0 Å². The average molecular weight is 325 g/mol. The van der Waals surface area contributed by atoms with Crippen molar-refractivity contribution in [3.8, 4) is 0 Å². The summed E-state index contributed by atoms with van der Waals surface area (Å²) < 4.78 is 18.7. The molecule has 0 saturated heterocycles. The van der Waals surface area contributed by atoms with E-state index in [-0.39, 0.29) is 88.7 Å². The van der Waals surface area contributed by atoms with Gasteiger partial charge in [-0.1, -0.05) is 0 Å². The van der Waals surface area contributed by atoms with Crippen LogP contribution in [-0.4, -0.2) is 139 Å². The van der Waals surface area contributed by atoms with Crippen LogP contribution in [0.1, 0.15) is 0 Å². The Labute approximate surface area is 174 Å². The second kappa shape index (κ2) is 10.6. The molecule has 1 aliphatic heterocycles. The third kappa shape index (κ3) is 7.62. The zero-order valence-electron chi connectivity index (χ0n) is 10.7. The third-order valence-corrected chi connectivity index (χ3v) is 2.09. The molecule has 0 spiro atoms. The quantitative estimate of drug-likeness (QED) is 0.207. The van der Waals surface area contributed by atoms with Gasteiger partial charge in [0.2, 0.25) is 0 Å². The van der Waals surface area contributed by atoms with Gasteiger partial charge in [0.05, 0.1) is 6.61 Å². The Hall–Kier alpha value is 1.88. The summed E-state index contributed by atoms with van der Waals surface area (Å²) >= 11 is 0. The van der Waals surface area contributed by atoms with Crippen LogP contribution in [0.4, 0.5) is 0 Å². The molecule has 9 nitrogen and oxygen atoms in total. The van der Waals surface area contributed by atoms with Crippen molar-refractivity contribution in [3.63, 3.8) is 0 Å². The van der Waals surface area contributed by atoms with Crippen molar-refractivity contribution < 1.29 is 43.7 Å². The van der Waals surface area contributed by atoms with E-state index in [1.807, 2.05) is 0 Å². The van der Waals surface area contributed by atoms with E-state index in [1.54, 1.807) is 0 Å². The topological polar surface area (TPSA) is 154 Å². The standard InChI is InChI=1S/C6H9O9P.3Na/c7-1-2(8)4-3(9)5(6(10)14-4)15-16(11,12)13;;;/h2,4,7-9H,1H2,(H2,11,12,13);;;/t2-,4+;;;/m0.../s1. The van der Waals surface area contributed by atoms with Gasteiger partial charge in [-0.25, -0.2) is 9.36 Å². The van der Waals surface area contributed by atoms with Gasteiger partial charge in [-0.2, -0.15) is 0 Å². The molecule has 0 fully saturated rings. The van der Waals surface area contributed by atoms with Crippen molar-refractivity contribution in [2.75, 3.05) is 6.61 Å². The number of aliphatic hydroxyl groups excluding tert-OH is 3. The van der Waals surface area contributed by atoms with Crippen LogP contribution in [0, 0.1) is 0 Å². The summed E-state index contributed by atoms with van der Waals surface area (Å²) in [5.74, 6) is -3.39. The summed E-state index contributed by atoms with van der Waals surface area (Å²) in [6.45, 7) is -0.814. The summed E-state index contributed by atoms with van der Waals surface area (Å²) in [6.07, 6.45) is -3.21. The minimum absolute atomic E-state index is 0. The smallest absolute Gasteiger partial charge is 0.505 e.